The van der Waals surface area contributed by atoms with Crippen molar-refractivity contribution < 1.29 is 14.0 Å². The molecule has 0 radical (unpaired) electrons. The number of aryl methyl sites for hydroxylation is 1. The molecule has 0 aliphatic carbocycles. The Hall–Kier alpha value is -3.25. The standard InChI is InChI=1S/C22H17FN2O2S/c1-14-7-9-15(10-8-14)13-25-21(26)19(18-6-3-11-28-18)20(22(25)27)24-17-5-2-4-16(23)12-17/h2-12,24H,13H2,1H3. The number of amides is 2. The number of carbonyl (C=O) groups is 2. The molecule has 6 heteroatoms. The van der Waals surface area contributed by atoms with Crippen molar-refractivity contribution in [2.24, 2.45) is 0 Å². The number of hydrogen-bond acceptors (Lipinski definition) is 4. The van der Waals surface area contributed by atoms with Crippen LogP contribution in [0.5, 0.6) is 0 Å². The summed E-state index contributed by atoms with van der Waals surface area (Å²) in [5, 5.41) is 4.81. The molecule has 0 atom stereocenters. The maximum atomic E-state index is 13.6. The third-order valence-electron chi connectivity index (χ3n) is 4.49. The van der Waals surface area contributed by atoms with Crippen LogP contribution < -0.4 is 5.32 Å². The first-order valence-electron chi connectivity index (χ1n) is 8.75. The summed E-state index contributed by atoms with van der Waals surface area (Å²) in [5.74, 6) is -1.19. The quantitative estimate of drug-likeness (QED) is 0.646. The highest BCUT2D eigenvalue weighted by molar-refractivity contribution is 7.11. The number of carbonyl (C=O) groups excluding carboxylic acids is 2. The number of nitrogens with one attached hydrogen (secondary N) is 1. The summed E-state index contributed by atoms with van der Waals surface area (Å²) in [7, 11) is 0. The Bertz CT molecular complexity index is 1070. The second-order valence-electron chi connectivity index (χ2n) is 6.54. The van der Waals surface area contributed by atoms with Crippen LogP contribution in [-0.2, 0) is 16.1 Å². The first kappa shape index (κ1) is 18.1. The smallest absolute Gasteiger partial charge is 0.278 e. The molecule has 1 aliphatic rings. The van der Waals surface area contributed by atoms with E-state index in [2.05, 4.69) is 5.32 Å². The number of hydrogen-bond donors (Lipinski definition) is 1. The average Bonchev–Trinajstić information content (AvgIpc) is 3.27. The molecule has 3 aromatic rings. The van der Waals surface area contributed by atoms with Crippen LogP contribution in [0.4, 0.5) is 10.1 Å². The van der Waals surface area contributed by atoms with Crippen LogP contribution in [0.1, 0.15) is 16.0 Å². The lowest BCUT2D eigenvalue weighted by molar-refractivity contribution is -0.137. The van der Waals surface area contributed by atoms with E-state index >= 15 is 0 Å². The highest BCUT2D eigenvalue weighted by atomic mass is 32.1. The predicted molar refractivity (Wildman–Crippen MR) is 108 cm³/mol. The van der Waals surface area contributed by atoms with Gasteiger partial charge in [0.1, 0.15) is 11.5 Å². The Labute approximate surface area is 165 Å². The molecule has 2 amide bonds. The van der Waals surface area contributed by atoms with E-state index in [9.17, 15) is 14.0 Å². The fourth-order valence-corrected chi connectivity index (χ4v) is 3.84. The molecule has 4 rings (SSSR count). The van der Waals surface area contributed by atoms with Crippen LogP contribution in [0.15, 0.2) is 71.7 Å². The average molecular weight is 392 g/mol. The van der Waals surface area contributed by atoms with Crippen molar-refractivity contribution in [2.45, 2.75) is 13.5 Å². The Kier molecular flexibility index (Phi) is 4.79. The van der Waals surface area contributed by atoms with Gasteiger partial charge >= 0.3 is 0 Å². The summed E-state index contributed by atoms with van der Waals surface area (Å²) in [5.41, 5.74) is 2.88. The Morgan fingerprint density at radius 2 is 1.79 bits per heavy atom. The molecule has 0 fully saturated rings. The molecule has 28 heavy (non-hydrogen) atoms. The van der Waals surface area contributed by atoms with Gasteiger partial charge in [0.15, 0.2) is 0 Å². The zero-order valence-corrected chi connectivity index (χ0v) is 15.9. The molecule has 4 nitrogen and oxygen atoms in total. The molecule has 0 saturated heterocycles. The minimum atomic E-state index is -0.420. The van der Waals surface area contributed by atoms with Gasteiger partial charge in [-0.15, -0.1) is 11.3 Å². The minimum Gasteiger partial charge on any atom is -0.350 e. The van der Waals surface area contributed by atoms with Crippen LogP contribution in [-0.4, -0.2) is 16.7 Å². The van der Waals surface area contributed by atoms with E-state index in [1.165, 1.54) is 28.4 Å². The summed E-state index contributed by atoms with van der Waals surface area (Å²) in [6, 6.07) is 17.1. The highest BCUT2D eigenvalue weighted by Gasteiger charge is 2.39. The van der Waals surface area contributed by atoms with Gasteiger partial charge in [-0.3, -0.25) is 14.5 Å². The van der Waals surface area contributed by atoms with Crippen molar-refractivity contribution in [3.05, 3.63) is 93.6 Å². The topological polar surface area (TPSA) is 49.4 Å². The zero-order chi connectivity index (χ0) is 19.7. The molecule has 0 bridgehead atoms. The number of halogens is 1. The number of rotatable bonds is 5. The van der Waals surface area contributed by atoms with E-state index in [0.29, 0.717) is 16.1 Å². The first-order valence-corrected chi connectivity index (χ1v) is 9.63. The number of imide groups is 1. The third kappa shape index (κ3) is 3.46. The van der Waals surface area contributed by atoms with E-state index in [1.807, 2.05) is 42.6 Å². The number of anilines is 1. The van der Waals surface area contributed by atoms with Crippen molar-refractivity contribution >= 4 is 34.4 Å². The van der Waals surface area contributed by atoms with Gasteiger partial charge in [-0.05, 0) is 42.1 Å². The predicted octanol–water partition coefficient (Wildman–Crippen LogP) is 4.59. The van der Waals surface area contributed by atoms with Gasteiger partial charge in [0.05, 0.1) is 12.1 Å². The van der Waals surface area contributed by atoms with Crippen LogP contribution in [0, 0.1) is 12.7 Å². The third-order valence-corrected chi connectivity index (χ3v) is 5.38. The molecule has 0 unspecified atom stereocenters. The van der Waals surface area contributed by atoms with Crippen molar-refractivity contribution in [3.8, 4) is 0 Å². The second-order valence-corrected chi connectivity index (χ2v) is 7.49. The molecule has 140 valence electrons. The monoisotopic (exact) mass is 392 g/mol. The SMILES string of the molecule is Cc1ccc(CN2C(=O)C(Nc3cccc(F)c3)=C(c3cccs3)C2=O)cc1. The Morgan fingerprint density at radius 1 is 1.00 bits per heavy atom. The molecule has 1 aliphatic heterocycles. The summed E-state index contributed by atoms with van der Waals surface area (Å²) in [6.45, 7) is 2.16. The van der Waals surface area contributed by atoms with Crippen molar-refractivity contribution in [3.63, 3.8) is 0 Å². The molecular weight excluding hydrogens is 375 g/mol. The minimum absolute atomic E-state index is 0.171. The number of nitrogens with zero attached hydrogens (tertiary/aromatic N) is 1. The Balaban J connectivity index is 1.70. The molecule has 2 heterocycles. The van der Waals surface area contributed by atoms with Crippen molar-refractivity contribution in [2.75, 3.05) is 5.32 Å². The molecule has 1 N–H and O–H groups in total. The van der Waals surface area contributed by atoms with Crippen LogP contribution >= 0.6 is 11.3 Å². The van der Waals surface area contributed by atoms with Gasteiger partial charge in [-0.1, -0.05) is 42.0 Å². The lowest BCUT2D eigenvalue weighted by Gasteiger charge is -2.15. The largest absolute Gasteiger partial charge is 0.350 e. The van der Waals surface area contributed by atoms with E-state index < -0.39 is 11.7 Å². The first-order chi connectivity index (χ1) is 13.5. The lowest BCUT2D eigenvalue weighted by atomic mass is 10.1. The van der Waals surface area contributed by atoms with E-state index in [4.69, 9.17) is 0 Å². The summed E-state index contributed by atoms with van der Waals surface area (Å²) >= 11 is 1.38. The second kappa shape index (κ2) is 7.40. The molecular formula is C22H17FN2O2S. The lowest BCUT2D eigenvalue weighted by Crippen LogP contribution is -2.31. The van der Waals surface area contributed by atoms with E-state index in [1.54, 1.807) is 18.2 Å². The summed E-state index contributed by atoms with van der Waals surface area (Å²) < 4.78 is 13.6. The van der Waals surface area contributed by atoms with Gasteiger partial charge in [-0.25, -0.2) is 4.39 Å². The molecule has 0 saturated carbocycles. The van der Waals surface area contributed by atoms with Crippen LogP contribution in [0.25, 0.3) is 5.57 Å². The Morgan fingerprint density at radius 3 is 2.46 bits per heavy atom. The maximum Gasteiger partial charge on any atom is 0.278 e. The van der Waals surface area contributed by atoms with Crippen molar-refractivity contribution in [1.82, 2.24) is 4.90 Å². The van der Waals surface area contributed by atoms with Gasteiger partial charge < -0.3 is 5.32 Å². The number of benzene rings is 2. The van der Waals surface area contributed by atoms with Crippen molar-refractivity contribution in [1.29, 1.82) is 0 Å². The summed E-state index contributed by atoms with van der Waals surface area (Å²) in [6.07, 6.45) is 0. The van der Waals surface area contributed by atoms with E-state index in [0.717, 1.165) is 11.1 Å². The van der Waals surface area contributed by atoms with E-state index in [-0.39, 0.29) is 18.1 Å². The van der Waals surface area contributed by atoms with Gasteiger partial charge in [0, 0.05) is 10.6 Å². The normalized spacial score (nSPS) is 14.1. The van der Waals surface area contributed by atoms with Gasteiger partial charge in [0.2, 0.25) is 0 Å². The van der Waals surface area contributed by atoms with Gasteiger partial charge in [-0.2, -0.15) is 0 Å². The fourth-order valence-electron chi connectivity index (χ4n) is 3.07. The number of thiophene rings is 1. The highest BCUT2D eigenvalue weighted by Crippen LogP contribution is 2.33. The van der Waals surface area contributed by atoms with Crippen LogP contribution in [0.3, 0.4) is 0 Å². The molecule has 1 aromatic heterocycles. The molecule has 0 spiro atoms. The fraction of sp³-hybridized carbons (Fsp3) is 0.0909. The maximum absolute atomic E-state index is 13.6. The summed E-state index contributed by atoms with van der Waals surface area (Å²) in [4.78, 5) is 28.1. The zero-order valence-electron chi connectivity index (χ0n) is 15.1. The molecule has 2 aromatic carbocycles. The van der Waals surface area contributed by atoms with Gasteiger partial charge in [0.25, 0.3) is 11.8 Å². The van der Waals surface area contributed by atoms with Crippen LogP contribution in [0.2, 0.25) is 0 Å².